The molecule has 1 nitrogen and oxygen atoms in total. The van der Waals surface area contributed by atoms with E-state index >= 15 is 0 Å². The highest BCUT2D eigenvalue weighted by atomic mass is 35.5. The maximum absolute atomic E-state index is 5.99. The van der Waals surface area contributed by atoms with E-state index in [-0.39, 0.29) is 0 Å². The van der Waals surface area contributed by atoms with Gasteiger partial charge in [-0.1, -0.05) is 31.5 Å². The van der Waals surface area contributed by atoms with Crippen LogP contribution in [0.25, 0.3) is 10.4 Å². The molecule has 1 aromatic carbocycles. The predicted molar refractivity (Wildman–Crippen MR) is 81.5 cm³/mol. The van der Waals surface area contributed by atoms with Gasteiger partial charge in [-0.2, -0.15) is 0 Å². The van der Waals surface area contributed by atoms with Crippen molar-refractivity contribution in [2.75, 3.05) is 0 Å². The second-order valence-electron chi connectivity index (χ2n) is 4.76. The van der Waals surface area contributed by atoms with E-state index < -0.39 is 0 Å². The molecule has 96 valence electrons. The van der Waals surface area contributed by atoms with Crippen LogP contribution < -0.4 is 5.32 Å². The molecule has 0 atom stereocenters. The summed E-state index contributed by atoms with van der Waals surface area (Å²) in [6.45, 7) is 7.37. The molecule has 3 heteroatoms. The molecule has 2 rings (SSSR count). The van der Waals surface area contributed by atoms with Gasteiger partial charge in [0.2, 0.25) is 0 Å². The monoisotopic (exact) mass is 279 g/mol. The molecular weight excluding hydrogens is 262 g/mol. The lowest BCUT2D eigenvalue weighted by Gasteiger charge is -2.06. The zero-order valence-corrected chi connectivity index (χ0v) is 12.5. The molecule has 0 spiro atoms. The van der Waals surface area contributed by atoms with Gasteiger partial charge >= 0.3 is 0 Å². The lowest BCUT2D eigenvalue weighted by Crippen LogP contribution is -2.21. The summed E-state index contributed by atoms with van der Waals surface area (Å²) in [4.78, 5) is 2.68. The number of benzene rings is 1. The van der Waals surface area contributed by atoms with Crippen molar-refractivity contribution in [3.63, 3.8) is 0 Å². The van der Waals surface area contributed by atoms with E-state index in [0.29, 0.717) is 6.04 Å². The second-order valence-corrected chi connectivity index (χ2v) is 6.37. The predicted octanol–water partition coefficient (Wildman–Crippen LogP) is 4.87. The quantitative estimate of drug-likeness (QED) is 0.841. The van der Waals surface area contributed by atoms with E-state index in [2.05, 4.69) is 44.3 Å². The maximum atomic E-state index is 5.99. The van der Waals surface area contributed by atoms with Crippen LogP contribution in [0.1, 0.15) is 24.3 Å². The topological polar surface area (TPSA) is 12.0 Å². The zero-order valence-electron chi connectivity index (χ0n) is 11.0. The van der Waals surface area contributed by atoms with E-state index in [0.717, 1.165) is 11.6 Å². The van der Waals surface area contributed by atoms with Crippen LogP contribution in [0.2, 0.25) is 5.02 Å². The summed E-state index contributed by atoms with van der Waals surface area (Å²) in [5, 5.41) is 4.24. The lowest BCUT2D eigenvalue weighted by atomic mass is 10.1. The molecule has 0 saturated heterocycles. The number of thiophene rings is 1. The molecule has 0 saturated carbocycles. The number of nitrogens with one attached hydrogen (secondary N) is 1. The van der Waals surface area contributed by atoms with Crippen molar-refractivity contribution in [2.24, 2.45) is 0 Å². The maximum Gasteiger partial charge on any atom is 0.0409 e. The second kappa shape index (κ2) is 5.87. The molecule has 0 aliphatic rings. The van der Waals surface area contributed by atoms with Gasteiger partial charge in [0, 0.05) is 27.4 Å². The molecule has 18 heavy (non-hydrogen) atoms. The fourth-order valence-electron chi connectivity index (χ4n) is 1.83. The van der Waals surface area contributed by atoms with Crippen LogP contribution in [0.5, 0.6) is 0 Å². The van der Waals surface area contributed by atoms with Crippen molar-refractivity contribution in [3.8, 4) is 10.4 Å². The highest BCUT2D eigenvalue weighted by Crippen LogP contribution is 2.31. The Labute approximate surface area is 118 Å². The number of halogens is 1. The standard InChI is InChI=1S/C15H18ClNS/c1-10(2)17-9-13-5-7-15(18-13)14-6-4-12(16)8-11(14)3/h4-8,10,17H,9H2,1-3H3. The number of hydrogen-bond acceptors (Lipinski definition) is 2. The van der Waals surface area contributed by atoms with Crippen LogP contribution in [-0.2, 0) is 6.54 Å². The van der Waals surface area contributed by atoms with Crippen LogP contribution in [-0.4, -0.2) is 6.04 Å². The minimum atomic E-state index is 0.521. The van der Waals surface area contributed by atoms with Crippen molar-refractivity contribution >= 4 is 22.9 Å². The van der Waals surface area contributed by atoms with Gasteiger partial charge < -0.3 is 5.32 Å². The SMILES string of the molecule is Cc1cc(Cl)ccc1-c1ccc(CNC(C)C)s1. The third kappa shape index (κ3) is 3.35. The smallest absolute Gasteiger partial charge is 0.0409 e. The van der Waals surface area contributed by atoms with Crippen molar-refractivity contribution < 1.29 is 0 Å². The summed E-state index contributed by atoms with van der Waals surface area (Å²) < 4.78 is 0. The lowest BCUT2D eigenvalue weighted by molar-refractivity contribution is 0.593. The van der Waals surface area contributed by atoms with Crippen molar-refractivity contribution in [1.82, 2.24) is 5.32 Å². The third-order valence-electron chi connectivity index (χ3n) is 2.80. The largest absolute Gasteiger partial charge is 0.310 e. The normalized spacial score (nSPS) is 11.2. The Morgan fingerprint density at radius 1 is 1.22 bits per heavy atom. The van der Waals surface area contributed by atoms with Crippen molar-refractivity contribution in [3.05, 3.63) is 45.8 Å². The third-order valence-corrected chi connectivity index (χ3v) is 4.15. The summed E-state index contributed by atoms with van der Waals surface area (Å²) in [6.07, 6.45) is 0. The highest BCUT2D eigenvalue weighted by molar-refractivity contribution is 7.15. The first-order valence-electron chi connectivity index (χ1n) is 6.15. The fraction of sp³-hybridized carbons (Fsp3) is 0.333. The molecule has 0 fully saturated rings. The van der Waals surface area contributed by atoms with Crippen LogP contribution in [0.4, 0.5) is 0 Å². The van der Waals surface area contributed by atoms with Gasteiger partial charge in [0.25, 0.3) is 0 Å². The Morgan fingerprint density at radius 2 is 2.00 bits per heavy atom. The average molecular weight is 280 g/mol. The Kier molecular flexibility index (Phi) is 4.44. The van der Waals surface area contributed by atoms with Crippen LogP contribution in [0.15, 0.2) is 30.3 Å². The van der Waals surface area contributed by atoms with Crippen LogP contribution in [0.3, 0.4) is 0 Å². The van der Waals surface area contributed by atoms with Gasteiger partial charge in [-0.05, 0) is 42.3 Å². The van der Waals surface area contributed by atoms with Gasteiger partial charge in [-0.15, -0.1) is 11.3 Å². The van der Waals surface area contributed by atoms with Crippen molar-refractivity contribution in [2.45, 2.75) is 33.4 Å². The summed E-state index contributed by atoms with van der Waals surface area (Å²) >= 11 is 7.83. The summed E-state index contributed by atoms with van der Waals surface area (Å²) in [6, 6.07) is 11.0. The molecule has 0 unspecified atom stereocenters. The molecule has 1 N–H and O–H groups in total. The molecule has 0 aliphatic carbocycles. The van der Waals surface area contributed by atoms with Crippen LogP contribution in [0, 0.1) is 6.92 Å². The van der Waals surface area contributed by atoms with Gasteiger partial charge in [-0.25, -0.2) is 0 Å². The van der Waals surface area contributed by atoms with Gasteiger partial charge in [0.15, 0.2) is 0 Å². The first kappa shape index (κ1) is 13.6. The number of aryl methyl sites for hydroxylation is 1. The highest BCUT2D eigenvalue weighted by Gasteiger charge is 2.06. The number of hydrogen-bond donors (Lipinski definition) is 1. The van der Waals surface area contributed by atoms with E-state index in [1.807, 2.05) is 23.5 Å². The Balaban J connectivity index is 2.18. The summed E-state index contributed by atoms with van der Waals surface area (Å²) in [5.74, 6) is 0. The Bertz CT molecular complexity index is 531. The molecule has 1 heterocycles. The zero-order chi connectivity index (χ0) is 13.1. The Hall–Kier alpha value is -0.830. The van der Waals surface area contributed by atoms with Gasteiger partial charge in [0.1, 0.15) is 0 Å². The Morgan fingerprint density at radius 3 is 2.67 bits per heavy atom. The minimum absolute atomic E-state index is 0.521. The van der Waals surface area contributed by atoms with Gasteiger partial charge in [-0.3, -0.25) is 0 Å². The number of rotatable bonds is 4. The minimum Gasteiger partial charge on any atom is -0.310 e. The van der Waals surface area contributed by atoms with Gasteiger partial charge in [0.05, 0.1) is 0 Å². The fourth-order valence-corrected chi connectivity index (χ4v) is 3.10. The molecule has 1 aromatic heterocycles. The first-order valence-corrected chi connectivity index (χ1v) is 7.34. The van der Waals surface area contributed by atoms with Crippen LogP contribution >= 0.6 is 22.9 Å². The summed E-state index contributed by atoms with van der Waals surface area (Å²) in [7, 11) is 0. The first-order chi connectivity index (χ1) is 8.56. The molecule has 0 radical (unpaired) electrons. The van der Waals surface area contributed by atoms with Crippen molar-refractivity contribution in [1.29, 1.82) is 0 Å². The molecule has 0 aliphatic heterocycles. The van der Waals surface area contributed by atoms with E-state index in [1.54, 1.807) is 0 Å². The molecule has 0 amide bonds. The van der Waals surface area contributed by atoms with E-state index in [4.69, 9.17) is 11.6 Å². The molecular formula is C15H18ClNS. The van der Waals surface area contributed by atoms with E-state index in [9.17, 15) is 0 Å². The molecule has 2 aromatic rings. The van der Waals surface area contributed by atoms with E-state index in [1.165, 1.54) is 20.9 Å². The molecule has 0 bridgehead atoms. The summed E-state index contributed by atoms with van der Waals surface area (Å²) in [5.41, 5.74) is 2.51. The average Bonchev–Trinajstić information content (AvgIpc) is 2.75.